The second-order valence-electron chi connectivity index (χ2n) is 6.83. The molecular formula is C19H25N3O. The summed E-state index contributed by atoms with van der Waals surface area (Å²) in [5.74, 6) is 0.479. The van der Waals surface area contributed by atoms with Crippen molar-refractivity contribution in [2.45, 2.75) is 39.7 Å². The molecule has 0 radical (unpaired) electrons. The molecule has 122 valence electrons. The van der Waals surface area contributed by atoms with Crippen molar-refractivity contribution in [2.24, 2.45) is 11.7 Å². The van der Waals surface area contributed by atoms with Crippen LogP contribution in [0.2, 0.25) is 0 Å². The summed E-state index contributed by atoms with van der Waals surface area (Å²) < 4.78 is 0. The van der Waals surface area contributed by atoms with Gasteiger partial charge in [0.2, 0.25) is 0 Å². The molecule has 0 spiro atoms. The third kappa shape index (κ3) is 3.22. The summed E-state index contributed by atoms with van der Waals surface area (Å²) in [7, 11) is 0. The Bertz CT molecular complexity index is 739. The lowest BCUT2D eigenvalue weighted by Crippen LogP contribution is -2.45. The lowest BCUT2D eigenvalue weighted by molar-refractivity contribution is 0.0660. The predicted molar refractivity (Wildman–Crippen MR) is 93.5 cm³/mol. The Labute approximate surface area is 137 Å². The van der Waals surface area contributed by atoms with Crippen LogP contribution in [0.3, 0.4) is 0 Å². The van der Waals surface area contributed by atoms with Crippen LogP contribution < -0.4 is 5.73 Å². The van der Waals surface area contributed by atoms with Crippen molar-refractivity contribution in [2.75, 3.05) is 13.1 Å². The number of pyridine rings is 1. The minimum absolute atomic E-state index is 0.0859. The van der Waals surface area contributed by atoms with E-state index < -0.39 is 0 Å². The van der Waals surface area contributed by atoms with Gasteiger partial charge in [0.25, 0.3) is 5.91 Å². The van der Waals surface area contributed by atoms with Gasteiger partial charge in [-0.25, -0.2) is 0 Å². The number of fused-ring (bicyclic) bond motifs is 1. The van der Waals surface area contributed by atoms with Gasteiger partial charge in [0.05, 0.1) is 16.8 Å². The normalized spacial score (nSPS) is 19.8. The molecular weight excluding hydrogens is 286 g/mol. The molecule has 4 nitrogen and oxygen atoms in total. The Morgan fingerprint density at radius 2 is 2.13 bits per heavy atom. The van der Waals surface area contributed by atoms with E-state index in [9.17, 15) is 4.79 Å². The average Bonchev–Trinajstić information content (AvgIpc) is 2.53. The summed E-state index contributed by atoms with van der Waals surface area (Å²) in [5, 5.41) is 1.02. The van der Waals surface area contributed by atoms with Gasteiger partial charge in [0, 0.05) is 24.5 Å². The van der Waals surface area contributed by atoms with Gasteiger partial charge in [-0.2, -0.15) is 0 Å². The van der Waals surface area contributed by atoms with Crippen molar-refractivity contribution in [3.05, 3.63) is 41.1 Å². The molecule has 23 heavy (non-hydrogen) atoms. The molecule has 0 bridgehead atoms. The molecule has 1 saturated heterocycles. The van der Waals surface area contributed by atoms with Gasteiger partial charge in [0.15, 0.2) is 0 Å². The molecule has 0 saturated carbocycles. The van der Waals surface area contributed by atoms with Crippen LogP contribution in [0.4, 0.5) is 0 Å². The molecule has 3 rings (SSSR count). The van der Waals surface area contributed by atoms with Gasteiger partial charge in [-0.05, 0) is 57.2 Å². The Balaban J connectivity index is 1.91. The number of aryl methyl sites for hydroxylation is 2. The van der Waals surface area contributed by atoms with Crippen LogP contribution in [0.25, 0.3) is 10.9 Å². The van der Waals surface area contributed by atoms with Crippen molar-refractivity contribution < 1.29 is 4.79 Å². The van der Waals surface area contributed by atoms with Crippen LogP contribution in [-0.2, 0) is 0 Å². The first kappa shape index (κ1) is 15.9. The van der Waals surface area contributed by atoms with Gasteiger partial charge in [-0.15, -0.1) is 0 Å². The summed E-state index contributed by atoms with van der Waals surface area (Å²) in [6, 6.07) is 8.26. The van der Waals surface area contributed by atoms with E-state index in [1.54, 1.807) is 0 Å². The van der Waals surface area contributed by atoms with Gasteiger partial charge < -0.3 is 10.6 Å². The SMILES string of the molecule is Cc1ccc2cc(C(=O)N3CCCC(C(C)N)C3)c(C)nc2c1. The van der Waals surface area contributed by atoms with Crippen molar-refractivity contribution in [1.82, 2.24) is 9.88 Å². The number of piperidine rings is 1. The number of nitrogens with zero attached hydrogens (tertiary/aromatic N) is 2. The molecule has 1 amide bonds. The molecule has 1 fully saturated rings. The number of aromatic nitrogens is 1. The molecule has 2 atom stereocenters. The third-order valence-electron chi connectivity index (χ3n) is 4.88. The first-order valence-corrected chi connectivity index (χ1v) is 8.38. The van der Waals surface area contributed by atoms with Gasteiger partial charge in [-0.3, -0.25) is 9.78 Å². The van der Waals surface area contributed by atoms with Gasteiger partial charge in [-0.1, -0.05) is 12.1 Å². The van der Waals surface area contributed by atoms with E-state index in [4.69, 9.17) is 5.73 Å². The van der Waals surface area contributed by atoms with Gasteiger partial charge >= 0.3 is 0 Å². The maximum Gasteiger partial charge on any atom is 0.255 e. The molecule has 2 N–H and O–H groups in total. The summed E-state index contributed by atoms with van der Waals surface area (Å²) in [5.41, 5.74) is 9.68. The highest BCUT2D eigenvalue weighted by molar-refractivity contribution is 5.98. The first-order chi connectivity index (χ1) is 11.0. The fraction of sp³-hybridized carbons (Fsp3) is 0.474. The van der Waals surface area contributed by atoms with E-state index in [1.807, 2.05) is 30.9 Å². The van der Waals surface area contributed by atoms with E-state index in [-0.39, 0.29) is 11.9 Å². The number of carbonyl (C=O) groups excluding carboxylic acids is 1. The first-order valence-electron chi connectivity index (χ1n) is 8.38. The number of carbonyl (C=O) groups is 1. The number of rotatable bonds is 2. The van der Waals surface area contributed by atoms with Crippen LogP contribution in [0.15, 0.2) is 24.3 Å². The second kappa shape index (κ2) is 6.28. The zero-order valence-electron chi connectivity index (χ0n) is 14.2. The maximum atomic E-state index is 12.9. The summed E-state index contributed by atoms with van der Waals surface area (Å²) in [6.45, 7) is 7.57. The lowest BCUT2D eigenvalue weighted by atomic mass is 9.91. The van der Waals surface area contributed by atoms with Gasteiger partial charge in [0.1, 0.15) is 0 Å². The smallest absolute Gasteiger partial charge is 0.255 e. The monoisotopic (exact) mass is 311 g/mol. The minimum Gasteiger partial charge on any atom is -0.338 e. The van der Waals surface area contributed by atoms with Crippen molar-refractivity contribution in [3.8, 4) is 0 Å². The highest BCUT2D eigenvalue weighted by Crippen LogP contribution is 2.23. The molecule has 0 aliphatic carbocycles. The highest BCUT2D eigenvalue weighted by Gasteiger charge is 2.27. The predicted octanol–water partition coefficient (Wildman–Crippen LogP) is 3.05. The molecule has 1 aromatic carbocycles. The topological polar surface area (TPSA) is 59.2 Å². The molecule has 1 aromatic heterocycles. The molecule has 2 unspecified atom stereocenters. The quantitative estimate of drug-likeness (QED) is 0.927. The summed E-state index contributed by atoms with van der Waals surface area (Å²) in [4.78, 5) is 19.5. The fourth-order valence-corrected chi connectivity index (χ4v) is 3.38. The number of nitrogens with two attached hydrogens (primary N) is 1. The standard InChI is InChI=1S/C19H25N3O/c1-12-6-7-15-10-17(14(3)21-18(15)9-12)19(23)22-8-4-5-16(11-22)13(2)20/h6-7,9-10,13,16H,4-5,8,11,20H2,1-3H3. The minimum atomic E-state index is 0.0859. The largest absolute Gasteiger partial charge is 0.338 e. The van der Waals surface area contributed by atoms with Crippen LogP contribution in [0.1, 0.15) is 41.4 Å². The Hall–Kier alpha value is -1.94. The number of amides is 1. The van der Waals surface area contributed by atoms with E-state index in [0.29, 0.717) is 11.5 Å². The zero-order valence-corrected chi connectivity index (χ0v) is 14.2. The number of hydrogen-bond acceptors (Lipinski definition) is 3. The highest BCUT2D eigenvalue weighted by atomic mass is 16.2. The van der Waals surface area contributed by atoms with Crippen molar-refractivity contribution in [3.63, 3.8) is 0 Å². The molecule has 2 aromatic rings. The van der Waals surface area contributed by atoms with E-state index in [2.05, 4.69) is 24.0 Å². The molecule has 1 aliphatic heterocycles. The molecule has 2 heterocycles. The number of hydrogen-bond donors (Lipinski definition) is 1. The summed E-state index contributed by atoms with van der Waals surface area (Å²) in [6.07, 6.45) is 2.13. The van der Waals surface area contributed by atoms with Crippen LogP contribution in [-0.4, -0.2) is 34.9 Å². The summed E-state index contributed by atoms with van der Waals surface area (Å²) >= 11 is 0. The zero-order chi connectivity index (χ0) is 16.6. The number of likely N-dealkylation sites (tertiary alicyclic amines) is 1. The van der Waals surface area contributed by atoms with E-state index in [1.165, 1.54) is 5.56 Å². The van der Waals surface area contributed by atoms with E-state index >= 15 is 0 Å². The van der Waals surface area contributed by atoms with Crippen LogP contribution in [0, 0.1) is 19.8 Å². The second-order valence-corrected chi connectivity index (χ2v) is 6.83. The molecule has 4 heteroatoms. The Morgan fingerprint density at radius 3 is 2.87 bits per heavy atom. The fourth-order valence-electron chi connectivity index (χ4n) is 3.38. The number of benzene rings is 1. The average molecular weight is 311 g/mol. The van der Waals surface area contributed by atoms with Crippen molar-refractivity contribution in [1.29, 1.82) is 0 Å². The Morgan fingerprint density at radius 1 is 1.35 bits per heavy atom. The van der Waals surface area contributed by atoms with Crippen molar-refractivity contribution >= 4 is 16.8 Å². The van der Waals surface area contributed by atoms with Crippen LogP contribution in [0.5, 0.6) is 0 Å². The lowest BCUT2D eigenvalue weighted by Gasteiger charge is -2.34. The third-order valence-corrected chi connectivity index (χ3v) is 4.88. The van der Waals surface area contributed by atoms with Crippen LogP contribution >= 0.6 is 0 Å². The van der Waals surface area contributed by atoms with E-state index in [0.717, 1.165) is 42.5 Å². The Kier molecular flexibility index (Phi) is 4.35. The maximum absolute atomic E-state index is 12.9. The molecule has 1 aliphatic rings.